The summed E-state index contributed by atoms with van der Waals surface area (Å²) in [6, 6.07) is 8.31. The van der Waals surface area contributed by atoms with Crippen molar-refractivity contribution in [2.24, 2.45) is 14.1 Å². The number of nitrogens with one attached hydrogen (secondary N) is 4. The van der Waals surface area contributed by atoms with E-state index in [2.05, 4.69) is 68.2 Å². The molecule has 0 bridgehead atoms. The minimum atomic E-state index is 0.0372. The van der Waals surface area contributed by atoms with E-state index in [0.29, 0.717) is 11.7 Å². The fraction of sp³-hybridized carbons (Fsp3) is 0.359. The van der Waals surface area contributed by atoms with E-state index in [4.69, 9.17) is 29.8 Å². The highest BCUT2D eigenvalue weighted by molar-refractivity contribution is 7.14. The highest BCUT2D eigenvalue weighted by Gasteiger charge is 2.30. The van der Waals surface area contributed by atoms with Gasteiger partial charge in [-0.25, -0.2) is 9.97 Å². The summed E-state index contributed by atoms with van der Waals surface area (Å²) in [6.07, 6.45) is 13.7. The lowest BCUT2D eigenvalue weighted by atomic mass is 9.89. The fourth-order valence-corrected chi connectivity index (χ4v) is 8.91. The van der Waals surface area contributed by atoms with Crippen molar-refractivity contribution in [3.05, 3.63) is 89.0 Å². The minimum absolute atomic E-state index is 0.0372. The first-order valence-electron chi connectivity index (χ1n) is 19.1. The standard InChI is InChI=1S/C39H43N15OS/c1-22-10-36(56-21-22)48-35-13-32(45-38-27(17-43-54(35)38)26-16-42-51(3)19-26)25-7-8-30(41-15-25)37-29(20-52(4)49-37)28-18-44-53-34(47-33-11-23(2)55-50-33)12-31(46-39(28)53)24-6-5-9-40-14-24/h10-13,16-21,24-25,30,40-41,48H,5-9,14-15H2,1-4H3,(H,47,50). The van der Waals surface area contributed by atoms with Crippen LogP contribution in [0, 0.1) is 13.8 Å². The zero-order valence-electron chi connectivity index (χ0n) is 31.7. The molecule has 0 aliphatic carbocycles. The molecule has 0 amide bonds. The molecule has 4 N–H and O–H groups in total. The quantitative estimate of drug-likeness (QED) is 0.128. The molecule has 8 aromatic heterocycles. The second kappa shape index (κ2) is 14.0. The monoisotopic (exact) mass is 769 g/mol. The number of rotatable bonds is 9. The van der Waals surface area contributed by atoms with Crippen LogP contribution in [-0.2, 0) is 14.1 Å². The van der Waals surface area contributed by atoms with Gasteiger partial charge >= 0.3 is 0 Å². The fourth-order valence-electron chi connectivity index (χ4n) is 8.11. The first-order valence-corrected chi connectivity index (χ1v) is 20.0. The lowest BCUT2D eigenvalue weighted by Gasteiger charge is -2.29. The molecular formula is C39H43N15OS. The van der Waals surface area contributed by atoms with E-state index >= 15 is 0 Å². The molecular weight excluding hydrogens is 727 g/mol. The third-order valence-corrected chi connectivity index (χ3v) is 11.9. The lowest BCUT2D eigenvalue weighted by molar-refractivity contribution is 0.363. The average Bonchev–Trinajstić information content (AvgIpc) is 4.07. The van der Waals surface area contributed by atoms with Crippen molar-refractivity contribution in [1.82, 2.24) is 64.5 Å². The molecule has 286 valence electrons. The van der Waals surface area contributed by atoms with E-state index in [-0.39, 0.29) is 12.0 Å². The van der Waals surface area contributed by atoms with Crippen LogP contribution in [0.5, 0.6) is 0 Å². The molecule has 0 spiro atoms. The third kappa shape index (κ3) is 6.40. The van der Waals surface area contributed by atoms with Crippen molar-refractivity contribution >= 4 is 45.1 Å². The van der Waals surface area contributed by atoms with Gasteiger partial charge in [-0.1, -0.05) is 5.16 Å². The van der Waals surface area contributed by atoms with Gasteiger partial charge in [0.15, 0.2) is 17.1 Å². The molecule has 0 aromatic carbocycles. The van der Waals surface area contributed by atoms with Crippen LogP contribution in [0.4, 0.5) is 22.5 Å². The molecule has 3 unspecified atom stereocenters. The summed E-state index contributed by atoms with van der Waals surface area (Å²) in [5, 5.41) is 41.0. The summed E-state index contributed by atoms with van der Waals surface area (Å²) in [6.45, 7) is 6.65. The van der Waals surface area contributed by atoms with Gasteiger partial charge in [0.2, 0.25) is 0 Å². The molecule has 16 nitrogen and oxygen atoms in total. The molecule has 17 heteroatoms. The summed E-state index contributed by atoms with van der Waals surface area (Å²) in [5.74, 6) is 3.51. The topological polar surface area (TPSA) is 170 Å². The van der Waals surface area contributed by atoms with Gasteiger partial charge in [-0.2, -0.15) is 29.4 Å². The Balaban J connectivity index is 0.967. The molecule has 0 saturated carbocycles. The maximum Gasteiger partial charge on any atom is 0.175 e. The summed E-state index contributed by atoms with van der Waals surface area (Å²) in [5.41, 5.74) is 9.72. The van der Waals surface area contributed by atoms with E-state index in [1.165, 1.54) is 5.56 Å². The van der Waals surface area contributed by atoms with Crippen LogP contribution in [0.25, 0.3) is 33.5 Å². The number of aromatic nitrogens is 11. The number of piperidine rings is 2. The summed E-state index contributed by atoms with van der Waals surface area (Å²) >= 11 is 1.68. The molecule has 56 heavy (non-hydrogen) atoms. The second-order valence-electron chi connectivity index (χ2n) is 15.1. The minimum Gasteiger partial charge on any atom is -0.360 e. The van der Waals surface area contributed by atoms with Crippen LogP contribution >= 0.6 is 11.3 Å². The van der Waals surface area contributed by atoms with Crippen LogP contribution in [0.3, 0.4) is 0 Å². The number of hydrogen-bond donors (Lipinski definition) is 4. The number of thiophene rings is 1. The molecule has 2 saturated heterocycles. The highest BCUT2D eigenvalue weighted by atomic mass is 32.1. The summed E-state index contributed by atoms with van der Waals surface area (Å²) in [4.78, 5) is 10.5. The smallest absolute Gasteiger partial charge is 0.175 e. The molecule has 8 aromatic rings. The van der Waals surface area contributed by atoms with Crippen molar-refractivity contribution in [1.29, 1.82) is 0 Å². The normalized spacial score (nSPS) is 19.0. The first kappa shape index (κ1) is 34.6. The molecule has 10 rings (SSSR count). The van der Waals surface area contributed by atoms with Crippen molar-refractivity contribution in [3.8, 4) is 22.3 Å². The van der Waals surface area contributed by atoms with Crippen LogP contribution in [0.1, 0.15) is 72.0 Å². The summed E-state index contributed by atoms with van der Waals surface area (Å²) < 4.78 is 12.8. The zero-order valence-corrected chi connectivity index (χ0v) is 32.5. The predicted octanol–water partition coefficient (Wildman–Crippen LogP) is 6.40. The number of aryl methyl sites for hydroxylation is 4. The number of hydrogen-bond acceptors (Lipinski definition) is 13. The van der Waals surface area contributed by atoms with Gasteiger partial charge in [0.05, 0.1) is 52.3 Å². The average molecular weight is 770 g/mol. The molecule has 2 aliphatic heterocycles. The van der Waals surface area contributed by atoms with Crippen molar-refractivity contribution in [3.63, 3.8) is 0 Å². The van der Waals surface area contributed by atoms with Crippen LogP contribution in [-0.4, -0.2) is 73.5 Å². The van der Waals surface area contributed by atoms with Gasteiger partial charge in [0.1, 0.15) is 17.4 Å². The van der Waals surface area contributed by atoms with E-state index < -0.39 is 0 Å². The van der Waals surface area contributed by atoms with E-state index in [1.54, 1.807) is 16.0 Å². The lowest BCUT2D eigenvalue weighted by Crippen LogP contribution is -2.33. The number of anilines is 4. The Morgan fingerprint density at radius 3 is 2.21 bits per heavy atom. The van der Waals surface area contributed by atoms with Crippen LogP contribution in [0.15, 0.2) is 65.2 Å². The maximum absolute atomic E-state index is 5.36. The van der Waals surface area contributed by atoms with Crippen molar-refractivity contribution in [2.75, 3.05) is 30.3 Å². The second-order valence-corrected chi connectivity index (χ2v) is 16.0. The molecule has 2 fully saturated rings. The number of nitrogens with zero attached hydrogens (tertiary/aromatic N) is 11. The highest BCUT2D eigenvalue weighted by Crippen LogP contribution is 2.39. The van der Waals surface area contributed by atoms with E-state index in [9.17, 15) is 0 Å². The summed E-state index contributed by atoms with van der Waals surface area (Å²) in [7, 11) is 3.90. The van der Waals surface area contributed by atoms with Gasteiger partial charge in [-0.05, 0) is 63.1 Å². The predicted molar refractivity (Wildman–Crippen MR) is 215 cm³/mol. The van der Waals surface area contributed by atoms with Gasteiger partial charge in [0.25, 0.3) is 0 Å². The molecule has 3 atom stereocenters. The largest absolute Gasteiger partial charge is 0.360 e. The van der Waals surface area contributed by atoms with Crippen LogP contribution < -0.4 is 21.3 Å². The number of fused-ring (bicyclic) bond motifs is 2. The third-order valence-electron chi connectivity index (χ3n) is 10.9. The Kier molecular flexibility index (Phi) is 8.64. The Labute approximate surface area is 326 Å². The van der Waals surface area contributed by atoms with Crippen molar-refractivity contribution in [2.45, 2.75) is 57.4 Å². The van der Waals surface area contributed by atoms with Crippen LogP contribution in [0.2, 0.25) is 0 Å². The Hall–Kier alpha value is -5.91. The van der Waals surface area contributed by atoms with E-state index in [1.807, 2.05) is 65.6 Å². The van der Waals surface area contributed by atoms with E-state index in [0.717, 1.165) is 118 Å². The van der Waals surface area contributed by atoms with Gasteiger partial charge in [0, 0.05) is 86.3 Å². The van der Waals surface area contributed by atoms with Gasteiger partial charge in [-0.15, -0.1) is 11.3 Å². The Bertz CT molecular complexity index is 2680. The van der Waals surface area contributed by atoms with Crippen molar-refractivity contribution < 1.29 is 4.52 Å². The van der Waals surface area contributed by atoms with Gasteiger partial charge < -0.3 is 25.8 Å². The molecule has 0 radical (unpaired) electrons. The maximum atomic E-state index is 5.36. The van der Waals surface area contributed by atoms with Gasteiger partial charge in [-0.3, -0.25) is 9.36 Å². The Morgan fingerprint density at radius 2 is 1.55 bits per heavy atom. The first-order chi connectivity index (χ1) is 27.3. The molecule has 10 heterocycles. The Morgan fingerprint density at radius 1 is 0.786 bits per heavy atom. The molecule has 2 aliphatic rings. The zero-order chi connectivity index (χ0) is 37.9. The SMILES string of the molecule is Cc1csc(Nc2cc(C3CCC(c4nn(C)cc4-c4cnn5c(Nc6cc(C)on6)cc(C6CCCNC6)nc45)NC3)nc3c(-c4cnn(C)c4)cnn23)c1.